The van der Waals surface area contributed by atoms with E-state index in [1.165, 1.54) is 16.7 Å². The molecule has 8 amide bonds. The molecule has 0 aliphatic carbocycles. The van der Waals surface area contributed by atoms with Crippen LogP contribution in [0.2, 0.25) is 0 Å². The summed E-state index contributed by atoms with van der Waals surface area (Å²) in [4.78, 5) is 109. The number of rotatable bonds is 18. The first-order chi connectivity index (χ1) is 28.8. The van der Waals surface area contributed by atoms with Crippen molar-refractivity contribution in [2.75, 3.05) is 19.6 Å². The lowest BCUT2D eigenvalue weighted by molar-refractivity contribution is -0.141. The van der Waals surface area contributed by atoms with Crippen molar-refractivity contribution in [3.05, 3.63) is 71.8 Å². The Bertz CT molecular complexity index is 1870. The Labute approximate surface area is 357 Å². The summed E-state index contributed by atoms with van der Waals surface area (Å²) in [5, 5.41) is 13.5. The number of nitrogens with zero attached hydrogens (tertiary/aromatic N) is 2. The van der Waals surface area contributed by atoms with Crippen LogP contribution in [0, 0.1) is 5.92 Å². The zero-order chi connectivity index (χ0) is 44.9. The number of likely N-dealkylation sites (tertiary alicyclic amines) is 2. The molecule has 0 radical (unpaired) electrons. The van der Waals surface area contributed by atoms with E-state index in [0.29, 0.717) is 32.2 Å². The first-order valence-corrected chi connectivity index (χ1v) is 21.0. The molecule has 6 atom stereocenters. The molecule has 17 heteroatoms. The van der Waals surface area contributed by atoms with E-state index in [1.807, 2.05) is 38.1 Å². The Kier molecular flexibility index (Phi) is 17.2. The molecule has 2 heterocycles. The van der Waals surface area contributed by atoms with Gasteiger partial charge in [-0.2, -0.15) is 0 Å². The standard InChI is InChI=1S/C44H62N8O9/c1-27(2)23-31(40(57)48-33(25-30-17-11-8-12-18-30)39(56)47-28(3)42(59)52-22-13-19-34(52)37(45)54)49-41(58)35-20-14-21-51(35)36(53)26-46-38(55)32(24-29-15-9-7-10-16-29)50-43(60)61-44(4,5)6/h7-12,15-18,27-28,31-35H,13-14,19-26H2,1-6H3,(H2,45,54)(H,46,55)(H,47,56)(H,48,57)(H,49,58)(H,50,60)/t28-,31-,32-,33-,34-,35-/m0/s1. The molecule has 2 fully saturated rings. The number of carbonyl (C=O) groups is 8. The normalized spacial score (nSPS) is 18.3. The molecule has 7 N–H and O–H groups in total. The summed E-state index contributed by atoms with van der Waals surface area (Å²) >= 11 is 0. The summed E-state index contributed by atoms with van der Waals surface area (Å²) in [6.45, 7) is 10.5. The van der Waals surface area contributed by atoms with Crippen molar-refractivity contribution in [2.45, 2.75) is 128 Å². The molecule has 0 bridgehead atoms. The predicted octanol–water partition coefficient (Wildman–Crippen LogP) is 1.47. The fourth-order valence-electron chi connectivity index (χ4n) is 7.49. The van der Waals surface area contributed by atoms with E-state index in [1.54, 1.807) is 57.2 Å². The van der Waals surface area contributed by atoms with E-state index < -0.39 is 95.8 Å². The van der Waals surface area contributed by atoms with Gasteiger partial charge in [-0.1, -0.05) is 74.5 Å². The summed E-state index contributed by atoms with van der Waals surface area (Å²) < 4.78 is 5.36. The number of hydrogen-bond donors (Lipinski definition) is 6. The van der Waals surface area contributed by atoms with Crippen LogP contribution in [0.5, 0.6) is 0 Å². The summed E-state index contributed by atoms with van der Waals surface area (Å²) in [5.41, 5.74) is 6.21. The van der Waals surface area contributed by atoms with Crippen LogP contribution in [0.4, 0.5) is 4.79 Å². The number of hydrogen-bond acceptors (Lipinski definition) is 9. The minimum atomic E-state index is -1.15. The number of amides is 8. The molecule has 17 nitrogen and oxygen atoms in total. The first-order valence-electron chi connectivity index (χ1n) is 21.0. The van der Waals surface area contributed by atoms with Crippen molar-refractivity contribution in [3.8, 4) is 0 Å². The molecule has 0 aromatic heterocycles. The van der Waals surface area contributed by atoms with Crippen LogP contribution in [-0.2, 0) is 51.1 Å². The number of primary amides is 1. The molecule has 2 aromatic rings. The van der Waals surface area contributed by atoms with Gasteiger partial charge in [0.1, 0.15) is 41.9 Å². The van der Waals surface area contributed by atoms with Gasteiger partial charge in [-0.25, -0.2) is 4.79 Å². The van der Waals surface area contributed by atoms with Gasteiger partial charge >= 0.3 is 6.09 Å². The zero-order valence-electron chi connectivity index (χ0n) is 36.0. The van der Waals surface area contributed by atoms with E-state index in [4.69, 9.17) is 10.5 Å². The van der Waals surface area contributed by atoms with Crippen LogP contribution in [0.1, 0.15) is 84.8 Å². The Balaban J connectivity index is 1.42. The van der Waals surface area contributed by atoms with Crippen molar-refractivity contribution in [2.24, 2.45) is 11.7 Å². The molecule has 0 spiro atoms. The van der Waals surface area contributed by atoms with Crippen LogP contribution in [0.25, 0.3) is 0 Å². The highest BCUT2D eigenvalue weighted by atomic mass is 16.6. The fraction of sp³-hybridized carbons (Fsp3) is 0.545. The second-order valence-corrected chi connectivity index (χ2v) is 17.1. The monoisotopic (exact) mass is 846 g/mol. The van der Waals surface area contributed by atoms with Gasteiger partial charge in [-0.3, -0.25) is 33.6 Å². The average Bonchev–Trinajstić information content (AvgIpc) is 3.90. The SMILES string of the molecule is CC(C)C[C@H](NC(=O)[C@@H]1CCCN1C(=O)CNC(=O)[C@H](Cc1ccccc1)NC(=O)OC(C)(C)C)C(=O)N[C@@H](Cc1ccccc1)C(=O)N[C@@H](C)C(=O)N1CCC[C@H]1C(N)=O. The Morgan fingerprint density at radius 2 is 1.21 bits per heavy atom. The third-order valence-corrected chi connectivity index (χ3v) is 10.4. The van der Waals surface area contributed by atoms with Crippen molar-refractivity contribution < 1.29 is 43.1 Å². The molecule has 2 aliphatic heterocycles. The maximum Gasteiger partial charge on any atom is 0.408 e. The topological polar surface area (TPSA) is 238 Å². The number of nitrogens with one attached hydrogen (secondary N) is 5. The van der Waals surface area contributed by atoms with Gasteiger partial charge in [0.05, 0.1) is 6.54 Å². The molecule has 0 saturated carbocycles. The Morgan fingerprint density at radius 1 is 0.689 bits per heavy atom. The Morgan fingerprint density at radius 3 is 1.75 bits per heavy atom. The smallest absolute Gasteiger partial charge is 0.408 e. The zero-order valence-corrected chi connectivity index (χ0v) is 36.0. The van der Waals surface area contributed by atoms with Crippen molar-refractivity contribution >= 4 is 47.4 Å². The lowest BCUT2D eigenvalue weighted by Crippen LogP contribution is -2.59. The molecule has 0 unspecified atom stereocenters. The average molecular weight is 847 g/mol. The second kappa shape index (κ2) is 22.0. The molecule has 61 heavy (non-hydrogen) atoms. The van der Waals surface area contributed by atoms with Crippen LogP contribution in [-0.4, -0.2) is 119 Å². The van der Waals surface area contributed by atoms with E-state index in [0.717, 1.165) is 11.1 Å². The van der Waals surface area contributed by atoms with Gasteiger partial charge in [-0.15, -0.1) is 0 Å². The second-order valence-electron chi connectivity index (χ2n) is 17.1. The van der Waals surface area contributed by atoms with Crippen molar-refractivity contribution in [3.63, 3.8) is 0 Å². The quantitative estimate of drug-likeness (QED) is 0.127. The predicted molar refractivity (Wildman–Crippen MR) is 226 cm³/mol. The summed E-state index contributed by atoms with van der Waals surface area (Å²) in [7, 11) is 0. The molecule has 2 aliphatic rings. The van der Waals surface area contributed by atoms with Gasteiger partial charge in [0.2, 0.25) is 41.4 Å². The van der Waals surface area contributed by atoms with Crippen LogP contribution in [0.3, 0.4) is 0 Å². The van der Waals surface area contributed by atoms with E-state index in [2.05, 4.69) is 26.6 Å². The number of ether oxygens (including phenoxy) is 1. The molecule has 2 aromatic carbocycles. The minimum Gasteiger partial charge on any atom is -0.444 e. The molecule has 2 saturated heterocycles. The number of nitrogens with two attached hydrogens (primary N) is 1. The lowest BCUT2D eigenvalue weighted by atomic mass is 10.0. The number of carbonyl (C=O) groups excluding carboxylic acids is 8. The van der Waals surface area contributed by atoms with E-state index in [-0.39, 0.29) is 31.7 Å². The van der Waals surface area contributed by atoms with Crippen molar-refractivity contribution in [1.29, 1.82) is 0 Å². The molecule has 4 rings (SSSR count). The molecular formula is C44H62N8O9. The lowest BCUT2D eigenvalue weighted by Gasteiger charge is -2.29. The highest BCUT2D eigenvalue weighted by Gasteiger charge is 2.39. The Hall–Kier alpha value is -6.00. The first kappa shape index (κ1) is 47.7. The van der Waals surface area contributed by atoms with Gasteiger partial charge in [-0.05, 0) is 76.8 Å². The highest BCUT2D eigenvalue weighted by molar-refractivity contribution is 5.97. The molecular weight excluding hydrogens is 785 g/mol. The summed E-state index contributed by atoms with van der Waals surface area (Å²) in [6.07, 6.45) is 1.48. The van der Waals surface area contributed by atoms with Crippen LogP contribution in [0.15, 0.2) is 60.7 Å². The highest BCUT2D eigenvalue weighted by Crippen LogP contribution is 2.20. The van der Waals surface area contributed by atoms with Gasteiger partial charge < -0.3 is 46.9 Å². The molecule has 332 valence electrons. The number of alkyl carbamates (subject to hydrolysis) is 1. The van der Waals surface area contributed by atoms with Crippen molar-refractivity contribution in [1.82, 2.24) is 36.4 Å². The van der Waals surface area contributed by atoms with Crippen LogP contribution < -0.4 is 32.3 Å². The summed E-state index contributed by atoms with van der Waals surface area (Å²) in [6, 6.07) is 12.0. The van der Waals surface area contributed by atoms with Crippen LogP contribution >= 0.6 is 0 Å². The fourth-order valence-corrected chi connectivity index (χ4v) is 7.49. The third kappa shape index (κ3) is 14.6. The van der Waals surface area contributed by atoms with E-state index >= 15 is 0 Å². The van der Waals surface area contributed by atoms with Gasteiger partial charge in [0.25, 0.3) is 0 Å². The van der Waals surface area contributed by atoms with Gasteiger partial charge in [0.15, 0.2) is 0 Å². The number of benzene rings is 2. The van der Waals surface area contributed by atoms with Gasteiger partial charge in [0, 0.05) is 25.9 Å². The third-order valence-electron chi connectivity index (χ3n) is 10.4. The summed E-state index contributed by atoms with van der Waals surface area (Å²) in [5.74, 6) is -4.12. The largest absolute Gasteiger partial charge is 0.444 e. The maximum atomic E-state index is 14.0. The minimum absolute atomic E-state index is 0.0663. The maximum absolute atomic E-state index is 14.0. The van der Waals surface area contributed by atoms with E-state index in [9.17, 15) is 38.4 Å².